The molecule has 0 bridgehead atoms. The highest BCUT2D eigenvalue weighted by Crippen LogP contribution is 2.28. The zero-order chi connectivity index (χ0) is 18.5. The van der Waals surface area contributed by atoms with Crippen LogP contribution in [-0.2, 0) is 17.8 Å². The van der Waals surface area contributed by atoms with E-state index in [1.54, 1.807) is 11.3 Å². The summed E-state index contributed by atoms with van der Waals surface area (Å²) in [6.45, 7) is 6.97. The lowest BCUT2D eigenvalue weighted by Gasteiger charge is -2.35. The molecule has 26 heavy (non-hydrogen) atoms. The van der Waals surface area contributed by atoms with Crippen molar-refractivity contribution in [1.29, 1.82) is 0 Å². The van der Waals surface area contributed by atoms with Crippen LogP contribution in [0, 0.1) is 18.8 Å². The molecular weight excluding hydrogens is 344 g/mol. The van der Waals surface area contributed by atoms with Crippen LogP contribution in [0.4, 0.5) is 0 Å². The van der Waals surface area contributed by atoms with Crippen molar-refractivity contribution >= 4 is 17.2 Å². The molecule has 3 rings (SSSR count). The van der Waals surface area contributed by atoms with Crippen LogP contribution in [0.1, 0.15) is 49.4 Å². The zero-order valence-corrected chi connectivity index (χ0v) is 16.6. The van der Waals surface area contributed by atoms with E-state index in [9.17, 15) is 4.79 Å². The Hall–Kier alpha value is -1.88. The Morgan fingerprint density at radius 3 is 2.62 bits per heavy atom. The monoisotopic (exact) mass is 372 g/mol. The van der Waals surface area contributed by atoms with E-state index < -0.39 is 0 Å². The van der Waals surface area contributed by atoms with E-state index in [1.165, 1.54) is 24.8 Å². The quantitative estimate of drug-likeness (QED) is 0.811. The molecule has 2 atom stereocenters. The standard InChI is InChI=1S/C21H28N2O2S/c1-14-7-9-18(10-8-14)25-12-20-22-17(13-26-20)11-19(24)23-21-15(2)5-4-6-16(21)3/h7-10,13,15-16,21H,4-6,11-12H2,1-3H3,(H,23,24). The molecule has 1 N–H and O–H groups in total. The number of hydrogen-bond donors (Lipinski definition) is 1. The van der Waals surface area contributed by atoms with Crippen molar-refractivity contribution in [2.45, 2.75) is 59.1 Å². The summed E-state index contributed by atoms with van der Waals surface area (Å²) in [5.74, 6) is 2.02. The number of amides is 1. The van der Waals surface area contributed by atoms with E-state index in [0.29, 0.717) is 30.9 Å². The van der Waals surface area contributed by atoms with Gasteiger partial charge >= 0.3 is 0 Å². The van der Waals surface area contributed by atoms with Crippen molar-refractivity contribution < 1.29 is 9.53 Å². The molecule has 1 aromatic carbocycles. The molecule has 5 heteroatoms. The Kier molecular flexibility index (Phi) is 6.30. The summed E-state index contributed by atoms with van der Waals surface area (Å²) in [6, 6.07) is 8.27. The maximum absolute atomic E-state index is 12.4. The molecular formula is C21H28N2O2S. The van der Waals surface area contributed by atoms with Crippen molar-refractivity contribution in [2.24, 2.45) is 11.8 Å². The highest BCUT2D eigenvalue weighted by molar-refractivity contribution is 7.09. The maximum Gasteiger partial charge on any atom is 0.226 e. The first-order valence-corrected chi connectivity index (χ1v) is 10.3. The van der Waals surface area contributed by atoms with Crippen LogP contribution in [0.5, 0.6) is 5.75 Å². The average Bonchev–Trinajstić information content (AvgIpc) is 3.05. The van der Waals surface area contributed by atoms with Gasteiger partial charge in [-0.1, -0.05) is 38.0 Å². The lowest BCUT2D eigenvalue weighted by molar-refractivity contribution is -0.122. The van der Waals surface area contributed by atoms with E-state index in [-0.39, 0.29) is 5.91 Å². The second kappa shape index (κ2) is 8.67. The molecule has 1 saturated carbocycles. The number of nitrogens with zero attached hydrogens (tertiary/aromatic N) is 1. The summed E-state index contributed by atoms with van der Waals surface area (Å²) >= 11 is 1.54. The molecule has 2 unspecified atom stereocenters. The SMILES string of the molecule is Cc1ccc(OCc2nc(CC(=O)NC3C(C)CCCC3C)cs2)cc1. The minimum atomic E-state index is 0.0758. The number of carbonyl (C=O) groups is 1. The van der Waals surface area contributed by atoms with Gasteiger partial charge in [0.05, 0.1) is 12.1 Å². The highest BCUT2D eigenvalue weighted by atomic mass is 32.1. The summed E-state index contributed by atoms with van der Waals surface area (Å²) in [7, 11) is 0. The maximum atomic E-state index is 12.4. The number of carbonyl (C=O) groups excluding carboxylic acids is 1. The molecule has 0 saturated heterocycles. The molecule has 1 aliphatic rings. The summed E-state index contributed by atoms with van der Waals surface area (Å²) in [5, 5.41) is 6.09. The Morgan fingerprint density at radius 2 is 1.92 bits per heavy atom. The van der Waals surface area contributed by atoms with Gasteiger partial charge in [0.1, 0.15) is 17.4 Å². The third-order valence-electron chi connectivity index (χ3n) is 5.20. The molecule has 140 valence electrons. The van der Waals surface area contributed by atoms with Crippen molar-refractivity contribution in [2.75, 3.05) is 0 Å². The molecule has 2 aromatic rings. The van der Waals surface area contributed by atoms with Crippen LogP contribution in [0.25, 0.3) is 0 Å². The Labute approximate surface area is 160 Å². The summed E-state index contributed by atoms with van der Waals surface area (Å²) in [5.41, 5.74) is 2.03. The van der Waals surface area contributed by atoms with Gasteiger partial charge in [0.15, 0.2) is 0 Å². The lowest BCUT2D eigenvalue weighted by Crippen LogP contribution is -2.46. The van der Waals surface area contributed by atoms with Crippen LogP contribution < -0.4 is 10.1 Å². The first-order valence-electron chi connectivity index (χ1n) is 9.43. The number of aryl methyl sites for hydroxylation is 1. The first-order chi connectivity index (χ1) is 12.5. The lowest BCUT2D eigenvalue weighted by atomic mass is 9.78. The molecule has 1 aromatic heterocycles. The number of thiazole rings is 1. The van der Waals surface area contributed by atoms with E-state index >= 15 is 0 Å². The second-order valence-electron chi connectivity index (χ2n) is 7.49. The number of benzene rings is 1. The largest absolute Gasteiger partial charge is 0.486 e. The smallest absolute Gasteiger partial charge is 0.226 e. The third kappa shape index (κ3) is 5.07. The van der Waals surface area contributed by atoms with Gasteiger partial charge in [-0.15, -0.1) is 11.3 Å². The highest BCUT2D eigenvalue weighted by Gasteiger charge is 2.28. The van der Waals surface area contributed by atoms with Crippen molar-refractivity contribution in [3.63, 3.8) is 0 Å². The Balaban J connectivity index is 1.49. The van der Waals surface area contributed by atoms with Crippen molar-refractivity contribution in [1.82, 2.24) is 10.3 Å². The van der Waals surface area contributed by atoms with Crippen molar-refractivity contribution in [3.8, 4) is 5.75 Å². The van der Waals surface area contributed by atoms with E-state index in [0.717, 1.165) is 16.5 Å². The van der Waals surface area contributed by atoms with Gasteiger partial charge in [-0.2, -0.15) is 0 Å². The molecule has 1 amide bonds. The van der Waals surface area contributed by atoms with Crippen LogP contribution in [0.15, 0.2) is 29.6 Å². The van der Waals surface area contributed by atoms with Gasteiger partial charge in [0, 0.05) is 11.4 Å². The Morgan fingerprint density at radius 1 is 1.23 bits per heavy atom. The minimum absolute atomic E-state index is 0.0758. The van der Waals surface area contributed by atoms with Gasteiger partial charge in [0.2, 0.25) is 5.91 Å². The predicted molar refractivity (Wildman–Crippen MR) is 105 cm³/mol. The van der Waals surface area contributed by atoms with Gasteiger partial charge in [-0.25, -0.2) is 4.98 Å². The fourth-order valence-corrected chi connectivity index (χ4v) is 4.35. The van der Waals surface area contributed by atoms with Gasteiger partial charge in [-0.3, -0.25) is 4.79 Å². The van der Waals surface area contributed by atoms with Crippen LogP contribution >= 0.6 is 11.3 Å². The summed E-state index contributed by atoms with van der Waals surface area (Å²) in [4.78, 5) is 17.0. The van der Waals surface area contributed by atoms with Crippen molar-refractivity contribution in [3.05, 3.63) is 45.9 Å². The molecule has 1 fully saturated rings. The van der Waals surface area contributed by atoms with Gasteiger partial charge < -0.3 is 10.1 Å². The molecule has 0 aliphatic heterocycles. The number of hydrogen-bond acceptors (Lipinski definition) is 4. The Bertz CT molecular complexity index is 716. The van der Waals surface area contributed by atoms with Crippen LogP contribution in [0.2, 0.25) is 0 Å². The van der Waals surface area contributed by atoms with E-state index in [2.05, 4.69) is 31.1 Å². The van der Waals surface area contributed by atoms with Crippen LogP contribution in [-0.4, -0.2) is 16.9 Å². The second-order valence-corrected chi connectivity index (χ2v) is 8.43. The number of aromatic nitrogens is 1. The number of nitrogens with one attached hydrogen (secondary N) is 1. The zero-order valence-electron chi connectivity index (χ0n) is 15.8. The molecule has 4 nitrogen and oxygen atoms in total. The van der Waals surface area contributed by atoms with Crippen LogP contribution in [0.3, 0.4) is 0 Å². The molecule has 1 aliphatic carbocycles. The topological polar surface area (TPSA) is 51.2 Å². The molecule has 0 spiro atoms. The number of rotatable bonds is 6. The van der Waals surface area contributed by atoms with Gasteiger partial charge in [-0.05, 0) is 43.7 Å². The predicted octanol–water partition coefficient (Wildman–Crippen LogP) is 4.51. The van der Waals surface area contributed by atoms with E-state index in [4.69, 9.17) is 4.74 Å². The fourth-order valence-electron chi connectivity index (χ4n) is 3.64. The first kappa shape index (κ1) is 18.9. The number of ether oxygens (including phenoxy) is 1. The minimum Gasteiger partial charge on any atom is -0.486 e. The summed E-state index contributed by atoms with van der Waals surface area (Å²) in [6.07, 6.45) is 4.01. The fraction of sp³-hybridized carbons (Fsp3) is 0.524. The average molecular weight is 373 g/mol. The third-order valence-corrected chi connectivity index (χ3v) is 6.07. The van der Waals surface area contributed by atoms with Gasteiger partial charge in [0.25, 0.3) is 0 Å². The van der Waals surface area contributed by atoms with E-state index in [1.807, 2.05) is 29.6 Å². The normalized spacial score (nSPS) is 22.8. The molecule has 1 heterocycles. The molecule has 0 radical (unpaired) electrons. The summed E-state index contributed by atoms with van der Waals surface area (Å²) < 4.78 is 5.76.